The molecule has 82 valence electrons. The zero-order valence-corrected chi connectivity index (χ0v) is 9.72. The van der Waals surface area contributed by atoms with Crippen LogP contribution < -0.4 is 5.32 Å². The van der Waals surface area contributed by atoms with Gasteiger partial charge in [-0.3, -0.25) is 4.21 Å². The number of hydrogen-bond acceptors (Lipinski definition) is 4. The Hall–Kier alpha value is -0.520. The van der Waals surface area contributed by atoms with Crippen LogP contribution in [0.2, 0.25) is 5.02 Å². The quantitative estimate of drug-likeness (QED) is 0.807. The lowest BCUT2D eigenvalue weighted by Gasteiger charge is -2.08. The van der Waals surface area contributed by atoms with E-state index in [0.29, 0.717) is 22.0 Å². The maximum Gasteiger partial charge on any atom is 0.218 e. The Morgan fingerprint density at radius 1 is 1.53 bits per heavy atom. The van der Waals surface area contributed by atoms with Crippen LogP contribution in [-0.4, -0.2) is 32.5 Å². The number of nitrogens with zero attached hydrogens (tertiary/aromatic N) is 2. The Morgan fingerprint density at radius 3 is 2.87 bits per heavy atom. The van der Waals surface area contributed by atoms with E-state index in [1.165, 1.54) is 12.4 Å². The molecule has 0 radical (unpaired) electrons. The van der Waals surface area contributed by atoms with E-state index in [0.717, 1.165) is 19.4 Å². The molecule has 1 aromatic rings. The fraction of sp³-hybridized carbons (Fsp3) is 0.556. The van der Waals surface area contributed by atoms with Crippen molar-refractivity contribution in [2.75, 3.05) is 12.3 Å². The van der Waals surface area contributed by atoms with Crippen LogP contribution in [0.1, 0.15) is 12.8 Å². The van der Waals surface area contributed by atoms with Gasteiger partial charge in [-0.25, -0.2) is 9.97 Å². The van der Waals surface area contributed by atoms with Crippen LogP contribution in [0.4, 0.5) is 0 Å². The van der Waals surface area contributed by atoms with Crippen molar-refractivity contribution in [3.63, 3.8) is 0 Å². The van der Waals surface area contributed by atoms with Gasteiger partial charge in [-0.05, 0) is 19.4 Å². The van der Waals surface area contributed by atoms with E-state index in [2.05, 4.69) is 15.3 Å². The van der Waals surface area contributed by atoms with Gasteiger partial charge in [0.2, 0.25) is 5.16 Å². The summed E-state index contributed by atoms with van der Waals surface area (Å²) in [5.74, 6) is 0.585. The monoisotopic (exact) mass is 245 g/mol. The zero-order valence-electron chi connectivity index (χ0n) is 8.15. The largest absolute Gasteiger partial charge is 0.313 e. The van der Waals surface area contributed by atoms with E-state index < -0.39 is 10.8 Å². The van der Waals surface area contributed by atoms with Crippen molar-refractivity contribution in [2.45, 2.75) is 24.0 Å². The summed E-state index contributed by atoms with van der Waals surface area (Å²) in [5.41, 5.74) is 0. The molecule has 1 aliphatic heterocycles. The number of rotatable bonds is 3. The third kappa shape index (κ3) is 2.96. The number of nitrogens with one attached hydrogen (secondary N) is 1. The van der Waals surface area contributed by atoms with Gasteiger partial charge in [0.05, 0.1) is 28.2 Å². The first kappa shape index (κ1) is 11.0. The van der Waals surface area contributed by atoms with Gasteiger partial charge in [0, 0.05) is 11.8 Å². The molecule has 0 spiro atoms. The van der Waals surface area contributed by atoms with Crippen LogP contribution in [0.25, 0.3) is 0 Å². The lowest BCUT2D eigenvalue weighted by atomic mass is 10.3. The SMILES string of the molecule is O=[S@](C[C@@H]1CCCN1)c1ncc(Cl)cn1. The molecule has 0 unspecified atom stereocenters. The summed E-state index contributed by atoms with van der Waals surface area (Å²) in [6.45, 7) is 1.02. The van der Waals surface area contributed by atoms with Gasteiger partial charge in [-0.2, -0.15) is 0 Å². The number of aromatic nitrogens is 2. The normalized spacial score (nSPS) is 22.9. The Morgan fingerprint density at radius 2 is 2.27 bits per heavy atom. The van der Waals surface area contributed by atoms with Gasteiger partial charge in [0.15, 0.2) is 0 Å². The molecule has 0 saturated carbocycles. The Bertz CT molecular complexity index is 351. The maximum absolute atomic E-state index is 11.8. The lowest BCUT2D eigenvalue weighted by molar-refractivity contribution is 0.638. The summed E-state index contributed by atoms with van der Waals surface area (Å²) >= 11 is 5.65. The van der Waals surface area contributed by atoms with Crippen molar-refractivity contribution in [3.05, 3.63) is 17.4 Å². The third-order valence-corrected chi connectivity index (χ3v) is 3.83. The van der Waals surface area contributed by atoms with Gasteiger partial charge in [-0.1, -0.05) is 11.6 Å². The molecule has 4 nitrogen and oxygen atoms in total. The van der Waals surface area contributed by atoms with Crippen molar-refractivity contribution >= 4 is 22.4 Å². The molecular formula is C9H12ClN3OS. The lowest BCUT2D eigenvalue weighted by Crippen LogP contribution is -2.28. The molecule has 1 aromatic heterocycles. The van der Waals surface area contributed by atoms with E-state index >= 15 is 0 Å². The first-order valence-electron chi connectivity index (χ1n) is 4.85. The molecule has 2 atom stereocenters. The first-order chi connectivity index (χ1) is 7.25. The first-order valence-corrected chi connectivity index (χ1v) is 6.55. The third-order valence-electron chi connectivity index (χ3n) is 2.32. The van der Waals surface area contributed by atoms with Crippen LogP contribution in [0.15, 0.2) is 17.6 Å². The van der Waals surface area contributed by atoms with Crippen LogP contribution in [0, 0.1) is 0 Å². The Labute approximate surface area is 95.9 Å². The zero-order chi connectivity index (χ0) is 10.7. The van der Waals surface area contributed by atoms with Crippen molar-refractivity contribution < 1.29 is 4.21 Å². The molecule has 1 aliphatic rings. The predicted octanol–water partition coefficient (Wildman–Crippen LogP) is 0.990. The molecule has 0 bridgehead atoms. The summed E-state index contributed by atoms with van der Waals surface area (Å²) in [6.07, 6.45) is 5.19. The molecule has 15 heavy (non-hydrogen) atoms. The van der Waals surface area contributed by atoms with Gasteiger partial charge >= 0.3 is 0 Å². The van der Waals surface area contributed by atoms with Gasteiger partial charge in [0.1, 0.15) is 0 Å². The molecule has 1 saturated heterocycles. The maximum atomic E-state index is 11.8. The number of hydrogen-bond donors (Lipinski definition) is 1. The van der Waals surface area contributed by atoms with Crippen molar-refractivity contribution in [3.8, 4) is 0 Å². The highest BCUT2D eigenvalue weighted by Gasteiger charge is 2.18. The molecule has 2 rings (SSSR count). The second-order valence-corrected chi connectivity index (χ2v) is 5.32. The van der Waals surface area contributed by atoms with E-state index in [1.807, 2.05) is 0 Å². The van der Waals surface area contributed by atoms with E-state index in [4.69, 9.17) is 11.6 Å². The van der Waals surface area contributed by atoms with Crippen molar-refractivity contribution in [2.24, 2.45) is 0 Å². The average molecular weight is 246 g/mol. The highest BCUT2D eigenvalue weighted by Crippen LogP contribution is 2.10. The second kappa shape index (κ2) is 5.01. The fourth-order valence-corrected chi connectivity index (χ4v) is 2.81. The van der Waals surface area contributed by atoms with Gasteiger partial charge < -0.3 is 5.32 Å². The summed E-state index contributed by atoms with van der Waals surface area (Å²) in [5, 5.41) is 4.13. The van der Waals surface area contributed by atoms with Crippen LogP contribution in [0.5, 0.6) is 0 Å². The van der Waals surface area contributed by atoms with Crippen LogP contribution >= 0.6 is 11.6 Å². The molecule has 2 heterocycles. The fourth-order valence-electron chi connectivity index (χ4n) is 1.57. The van der Waals surface area contributed by atoms with Gasteiger partial charge in [0.25, 0.3) is 0 Å². The van der Waals surface area contributed by atoms with Crippen molar-refractivity contribution in [1.82, 2.24) is 15.3 Å². The summed E-state index contributed by atoms with van der Waals surface area (Å²) in [6, 6.07) is 0.338. The van der Waals surface area contributed by atoms with E-state index in [1.54, 1.807) is 0 Å². The molecular weight excluding hydrogens is 234 g/mol. The highest BCUT2D eigenvalue weighted by molar-refractivity contribution is 7.84. The summed E-state index contributed by atoms with van der Waals surface area (Å²) in [4.78, 5) is 7.90. The molecule has 0 aromatic carbocycles. The second-order valence-electron chi connectivity index (χ2n) is 3.49. The van der Waals surface area contributed by atoms with E-state index in [9.17, 15) is 4.21 Å². The minimum absolute atomic E-state index is 0.338. The standard InChI is InChI=1S/C9H12ClN3OS/c10-7-4-12-9(13-5-7)15(14)6-8-2-1-3-11-8/h4-5,8,11H,1-3,6H2/t8-,15+/m0/s1. The van der Waals surface area contributed by atoms with Gasteiger partial charge in [-0.15, -0.1) is 0 Å². The molecule has 1 fully saturated rings. The minimum atomic E-state index is -1.12. The summed E-state index contributed by atoms with van der Waals surface area (Å²) in [7, 11) is -1.12. The average Bonchev–Trinajstić information content (AvgIpc) is 2.71. The topological polar surface area (TPSA) is 54.9 Å². The van der Waals surface area contributed by atoms with Crippen LogP contribution in [0.3, 0.4) is 0 Å². The minimum Gasteiger partial charge on any atom is -0.313 e. The number of halogens is 1. The molecule has 6 heteroatoms. The smallest absolute Gasteiger partial charge is 0.218 e. The Kier molecular flexibility index (Phi) is 3.66. The summed E-state index contributed by atoms with van der Waals surface area (Å²) < 4.78 is 11.8. The van der Waals surface area contributed by atoms with E-state index in [-0.39, 0.29) is 0 Å². The molecule has 0 amide bonds. The molecule has 0 aliphatic carbocycles. The molecule has 1 N–H and O–H groups in total. The predicted molar refractivity (Wildman–Crippen MR) is 59.3 cm³/mol. The van der Waals surface area contributed by atoms with Crippen molar-refractivity contribution in [1.29, 1.82) is 0 Å². The Balaban J connectivity index is 1.98. The van der Waals surface area contributed by atoms with Crippen LogP contribution in [-0.2, 0) is 10.8 Å². The highest BCUT2D eigenvalue weighted by atomic mass is 35.5.